The molecule has 3 aromatic carbocycles. The number of nitro groups is 1. The van der Waals surface area contributed by atoms with Crippen molar-refractivity contribution in [1.29, 1.82) is 0 Å². The summed E-state index contributed by atoms with van der Waals surface area (Å²) in [5, 5.41) is 14.3. The summed E-state index contributed by atoms with van der Waals surface area (Å²) < 4.78 is 20.7. The molecule has 1 fully saturated rings. The zero-order valence-electron chi connectivity index (χ0n) is 20.0. The van der Waals surface area contributed by atoms with E-state index in [0.717, 1.165) is 10.2 Å². The number of benzene rings is 3. The molecule has 0 bridgehead atoms. The number of ether oxygens (including phenoxy) is 1. The number of para-hydroxylation sites is 1. The average Bonchev–Trinajstić information content (AvgIpc) is 3.35. The summed E-state index contributed by atoms with van der Waals surface area (Å²) in [4.78, 5) is 34.5. The lowest BCUT2D eigenvalue weighted by molar-refractivity contribution is -0.384. The number of anilines is 2. The number of hydrogen-bond donors (Lipinski definition) is 1. The SMILES string of the molecule is O=C(CSc1nc2ccc(N=Cc3ccc(N4CCOCC4)c([N+](=O)[O-])c3)cc2s1)Nc1ccccc1F. The maximum absolute atomic E-state index is 13.7. The number of carbonyl (C=O) groups is 1. The van der Waals surface area contributed by atoms with Gasteiger partial charge in [0, 0.05) is 25.4 Å². The number of nitrogens with zero attached hydrogens (tertiary/aromatic N) is 4. The predicted molar refractivity (Wildman–Crippen MR) is 149 cm³/mol. The van der Waals surface area contributed by atoms with Gasteiger partial charge in [-0.25, -0.2) is 9.37 Å². The van der Waals surface area contributed by atoms with Gasteiger partial charge in [0.1, 0.15) is 11.5 Å². The van der Waals surface area contributed by atoms with Crippen molar-refractivity contribution in [2.24, 2.45) is 4.99 Å². The highest BCUT2D eigenvalue weighted by molar-refractivity contribution is 8.01. The highest BCUT2D eigenvalue weighted by Crippen LogP contribution is 2.33. The van der Waals surface area contributed by atoms with Gasteiger partial charge in [0.2, 0.25) is 5.91 Å². The number of nitrogens with one attached hydrogen (secondary N) is 1. The quantitative estimate of drug-likeness (QED) is 0.130. The second kappa shape index (κ2) is 11.7. The molecule has 2 heterocycles. The summed E-state index contributed by atoms with van der Waals surface area (Å²) in [5.41, 5.74) is 2.83. The number of aromatic nitrogens is 1. The van der Waals surface area contributed by atoms with Crippen LogP contribution in [0.15, 0.2) is 70.0 Å². The summed E-state index contributed by atoms with van der Waals surface area (Å²) >= 11 is 2.70. The number of thioether (sulfide) groups is 1. The molecule has 4 aromatic rings. The van der Waals surface area contributed by atoms with Gasteiger partial charge in [-0.15, -0.1) is 11.3 Å². The van der Waals surface area contributed by atoms with E-state index in [1.54, 1.807) is 24.4 Å². The van der Waals surface area contributed by atoms with Crippen LogP contribution >= 0.6 is 23.1 Å². The van der Waals surface area contributed by atoms with E-state index in [4.69, 9.17) is 4.74 Å². The van der Waals surface area contributed by atoms with Crippen LogP contribution in [-0.2, 0) is 9.53 Å². The Hall–Kier alpha value is -3.87. The molecule has 0 unspecified atom stereocenters. The third-order valence-corrected chi connectivity index (χ3v) is 7.90. The fourth-order valence-corrected chi connectivity index (χ4v) is 5.80. The highest BCUT2D eigenvalue weighted by atomic mass is 32.2. The minimum atomic E-state index is -0.485. The van der Waals surface area contributed by atoms with Gasteiger partial charge in [-0.1, -0.05) is 30.0 Å². The number of thiazole rings is 1. The molecule has 0 radical (unpaired) electrons. The molecule has 194 valence electrons. The van der Waals surface area contributed by atoms with Crippen LogP contribution in [0.3, 0.4) is 0 Å². The summed E-state index contributed by atoms with van der Waals surface area (Å²) in [5.74, 6) is -0.710. The second-order valence-corrected chi connectivity index (χ2v) is 10.6. The molecule has 1 aromatic heterocycles. The van der Waals surface area contributed by atoms with Gasteiger partial charge in [-0.2, -0.15) is 0 Å². The van der Waals surface area contributed by atoms with Crippen molar-refractivity contribution in [2.75, 3.05) is 42.3 Å². The minimum Gasteiger partial charge on any atom is -0.378 e. The summed E-state index contributed by atoms with van der Waals surface area (Å²) in [7, 11) is 0. The lowest BCUT2D eigenvalue weighted by Gasteiger charge is -2.28. The largest absolute Gasteiger partial charge is 0.378 e. The number of fused-ring (bicyclic) bond motifs is 1. The van der Waals surface area contributed by atoms with E-state index < -0.39 is 5.82 Å². The zero-order chi connectivity index (χ0) is 26.5. The van der Waals surface area contributed by atoms with Crippen LogP contribution in [0.4, 0.5) is 27.1 Å². The topological polar surface area (TPSA) is 110 Å². The molecule has 0 atom stereocenters. The number of carbonyl (C=O) groups excluding carboxylic acids is 1. The zero-order valence-corrected chi connectivity index (χ0v) is 21.6. The molecule has 1 aliphatic heterocycles. The first-order valence-electron chi connectivity index (χ1n) is 11.7. The number of hydrogen-bond acceptors (Lipinski definition) is 9. The van der Waals surface area contributed by atoms with Crippen molar-refractivity contribution in [3.05, 3.63) is 82.2 Å². The molecule has 1 saturated heterocycles. The molecule has 0 spiro atoms. The third-order valence-electron chi connectivity index (χ3n) is 5.74. The lowest BCUT2D eigenvalue weighted by Crippen LogP contribution is -2.36. The maximum Gasteiger partial charge on any atom is 0.293 e. The Morgan fingerprint density at radius 1 is 1.21 bits per heavy atom. The van der Waals surface area contributed by atoms with Crippen LogP contribution in [0.2, 0.25) is 0 Å². The monoisotopic (exact) mass is 551 g/mol. The first kappa shape index (κ1) is 25.8. The Labute approximate surface area is 225 Å². The summed E-state index contributed by atoms with van der Waals surface area (Å²) in [6.45, 7) is 2.31. The van der Waals surface area contributed by atoms with E-state index in [9.17, 15) is 19.3 Å². The van der Waals surface area contributed by atoms with Gasteiger partial charge in [0.05, 0.1) is 45.5 Å². The first-order chi connectivity index (χ1) is 18.5. The average molecular weight is 552 g/mol. The fourth-order valence-electron chi connectivity index (χ4n) is 3.90. The van der Waals surface area contributed by atoms with Crippen molar-refractivity contribution in [3.8, 4) is 0 Å². The minimum absolute atomic E-state index is 0.0365. The van der Waals surface area contributed by atoms with Crippen molar-refractivity contribution in [1.82, 2.24) is 4.98 Å². The van der Waals surface area contributed by atoms with Crippen LogP contribution in [0.25, 0.3) is 10.2 Å². The number of aliphatic imine (C=N–C) groups is 1. The normalized spacial score (nSPS) is 13.8. The van der Waals surface area contributed by atoms with E-state index in [1.807, 2.05) is 29.2 Å². The maximum atomic E-state index is 13.7. The molecule has 5 rings (SSSR count). The van der Waals surface area contributed by atoms with Gasteiger partial charge in [-0.3, -0.25) is 19.9 Å². The highest BCUT2D eigenvalue weighted by Gasteiger charge is 2.21. The predicted octanol–water partition coefficient (Wildman–Crippen LogP) is 5.66. The van der Waals surface area contributed by atoms with E-state index in [-0.39, 0.29) is 28.0 Å². The molecule has 1 amide bonds. The Morgan fingerprint density at radius 3 is 2.82 bits per heavy atom. The van der Waals surface area contributed by atoms with Gasteiger partial charge in [0.15, 0.2) is 4.34 Å². The molecule has 0 saturated carbocycles. The van der Waals surface area contributed by atoms with Gasteiger partial charge in [-0.05, 0) is 42.0 Å². The first-order valence-corrected chi connectivity index (χ1v) is 13.5. The molecule has 1 N–H and O–H groups in total. The molecule has 9 nitrogen and oxygen atoms in total. The molecular formula is C26H22FN5O4S2. The third kappa shape index (κ3) is 6.15. The molecule has 1 aliphatic rings. The van der Waals surface area contributed by atoms with E-state index in [1.165, 1.54) is 41.3 Å². The second-order valence-electron chi connectivity index (χ2n) is 8.31. The number of amides is 1. The van der Waals surface area contributed by atoms with Crippen LogP contribution in [0.1, 0.15) is 5.56 Å². The van der Waals surface area contributed by atoms with Gasteiger partial charge >= 0.3 is 0 Å². The van der Waals surface area contributed by atoms with Crippen molar-refractivity contribution < 1.29 is 18.8 Å². The van der Waals surface area contributed by atoms with Crippen LogP contribution in [0, 0.1) is 15.9 Å². The molecule has 38 heavy (non-hydrogen) atoms. The molecular weight excluding hydrogens is 529 g/mol. The lowest BCUT2D eigenvalue weighted by atomic mass is 10.1. The standard InChI is InChI=1S/C26H22FN5O4S2/c27-19-3-1-2-4-20(19)29-25(33)16-37-26-30-21-7-6-18(14-24(21)38-26)28-15-17-5-8-22(23(13-17)32(34)35)31-9-11-36-12-10-31/h1-8,13-15H,9-12,16H2,(H,29,33). The number of nitro benzene ring substituents is 1. The van der Waals surface area contributed by atoms with Crippen LogP contribution < -0.4 is 10.2 Å². The Balaban J connectivity index is 1.25. The van der Waals surface area contributed by atoms with Crippen LogP contribution in [0.5, 0.6) is 0 Å². The van der Waals surface area contributed by atoms with Gasteiger partial charge < -0.3 is 15.0 Å². The fraction of sp³-hybridized carbons (Fsp3) is 0.192. The summed E-state index contributed by atoms with van der Waals surface area (Å²) in [6, 6.07) is 16.6. The number of rotatable bonds is 8. The molecule has 0 aliphatic carbocycles. The van der Waals surface area contributed by atoms with Crippen molar-refractivity contribution >= 4 is 68.2 Å². The number of morpholine rings is 1. The Kier molecular flexibility index (Phi) is 7.91. The Bertz CT molecular complexity index is 1520. The smallest absolute Gasteiger partial charge is 0.293 e. The van der Waals surface area contributed by atoms with Crippen molar-refractivity contribution in [3.63, 3.8) is 0 Å². The van der Waals surface area contributed by atoms with E-state index in [0.29, 0.717) is 47.6 Å². The molecule has 12 heteroatoms. The Morgan fingerprint density at radius 2 is 2.03 bits per heavy atom. The van der Waals surface area contributed by atoms with Crippen molar-refractivity contribution in [2.45, 2.75) is 4.34 Å². The summed E-state index contributed by atoms with van der Waals surface area (Å²) in [6.07, 6.45) is 1.60. The van der Waals surface area contributed by atoms with E-state index in [2.05, 4.69) is 15.3 Å². The van der Waals surface area contributed by atoms with Crippen LogP contribution in [-0.4, -0.2) is 54.1 Å². The van der Waals surface area contributed by atoms with E-state index >= 15 is 0 Å². The number of halogens is 1. The van der Waals surface area contributed by atoms with Gasteiger partial charge in [0.25, 0.3) is 5.69 Å².